The molecule has 0 aliphatic carbocycles. The molecule has 174 valence electrons. The van der Waals surface area contributed by atoms with Gasteiger partial charge in [0.25, 0.3) is 11.9 Å². The Morgan fingerprint density at radius 2 is 2.00 bits per heavy atom. The van der Waals surface area contributed by atoms with Gasteiger partial charge >= 0.3 is 0 Å². The average molecular weight is 460 g/mol. The number of aromatic nitrogens is 4. The molecule has 1 amide bonds. The lowest BCUT2D eigenvalue weighted by Gasteiger charge is -2.26. The minimum atomic E-state index is -0.00801. The molecule has 1 saturated heterocycles. The number of hydrazone groups is 1. The van der Waals surface area contributed by atoms with E-state index in [1.165, 1.54) is 6.42 Å². The number of nitrogens with zero attached hydrogens (tertiary/aromatic N) is 5. The van der Waals surface area contributed by atoms with E-state index >= 15 is 0 Å². The summed E-state index contributed by atoms with van der Waals surface area (Å²) in [5.74, 6) is 1.30. The van der Waals surface area contributed by atoms with Crippen LogP contribution < -0.4 is 14.9 Å². The molecule has 0 unspecified atom stereocenters. The number of ether oxygens (including phenoxy) is 2. The van der Waals surface area contributed by atoms with Crippen molar-refractivity contribution < 1.29 is 14.3 Å². The molecule has 34 heavy (non-hydrogen) atoms. The third-order valence-corrected chi connectivity index (χ3v) is 5.75. The smallest absolute Gasteiger partial charge is 0.265 e. The number of anilines is 1. The Morgan fingerprint density at radius 1 is 1.15 bits per heavy atom. The van der Waals surface area contributed by atoms with Crippen molar-refractivity contribution in [3.63, 3.8) is 0 Å². The molecule has 1 aliphatic rings. The molecule has 2 aromatic carbocycles. The summed E-state index contributed by atoms with van der Waals surface area (Å²) in [6, 6.07) is 13.2. The topological polar surface area (TPSA) is 118 Å². The first-order valence-electron chi connectivity index (χ1n) is 11.2. The van der Waals surface area contributed by atoms with Crippen molar-refractivity contribution >= 4 is 40.1 Å². The third-order valence-electron chi connectivity index (χ3n) is 5.75. The van der Waals surface area contributed by atoms with Crippen LogP contribution >= 0.6 is 0 Å². The van der Waals surface area contributed by atoms with Crippen LogP contribution in [-0.4, -0.2) is 64.0 Å². The standard InChI is InChI=1S/C24H25N7O3/c1-33-20-13-16(9-10-19(20)34-15-21(32)31-11-5-2-6-12-31)14-25-29-24-27-23-22(28-30-24)17-7-3-4-8-18(17)26-23/h3-4,7-10,13-14H,2,5-6,11-12,15H2,1H3,(H2,26,27,29,30)/b25-14+. The number of piperidine rings is 1. The van der Waals surface area contributed by atoms with Crippen molar-refractivity contribution in [3.05, 3.63) is 48.0 Å². The summed E-state index contributed by atoms with van der Waals surface area (Å²) in [6.07, 6.45) is 4.89. The molecule has 1 fully saturated rings. The van der Waals surface area contributed by atoms with Crippen LogP contribution in [-0.2, 0) is 4.79 Å². The number of carbonyl (C=O) groups excluding carboxylic acids is 1. The molecule has 0 saturated carbocycles. The first-order valence-corrected chi connectivity index (χ1v) is 11.2. The lowest BCUT2D eigenvalue weighted by molar-refractivity contribution is -0.134. The maximum atomic E-state index is 12.4. The molecule has 2 N–H and O–H groups in total. The molecule has 0 bridgehead atoms. The number of hydrogen-bond acceptors (Lipinski definition) is 8. The Labute approximate surface area is 196 Å². The van der Waals surface area contributed by atoms with Gasteiger partial charge in [-0.25, -0.2) is 5.43 Å². The quantitative estimate of drug-likeness (QED) is 0.321. The molecule has 4 aromatic rings. The monoisotopic (exact) mass is 459 g/mol. The van der Waals surface area contributed by atoms with E-state index in [0.29, 0.717) is 22.7 Å². The minimum Gasteiger partial charge on any atom is -0.493 e. The van der Waals surface area contributed by atoms with Crippen LogP contribution in [0.15, 0.2) is 47.6 Å². The second-order valence-electron chi connectivity index (χ2n) is 8.01. The number of hydrogen-bond donors (Lipinski definition) is 2. The van der Waals surface area contributed by atoms with Gasteiger partial charge in [0, 0.05) is 24.0 Å². The molecule has 0 spiro atoms. The Kier molecular flexibility index (Phi) is 6.19. The molecule has 1 aliphatic heterocycles. The van der Waals surface area contributed by atoms with E-state index in [2.05, 4.69) is 30.7 Å². The largest absolute Gasteiger partial charge is 0.493 e. The van der Waals surface area contributed by atoms with E-state index < -0.39 is 0 Å². The highest BCUT2D eigenvalue weighted by Gasteiger charge is 2.17. The van der Waals surface area contributed by atoms with Crippen LogP contribution in [0.4, 0.5) is 5.95 Å². The lowest BCUT2D eigenvalue weighted by Crippen LogP contribution is -2.38. The van der Waals surface area contributed by atoms with E-state index in [0.717, 1.165) is 42.4 Å². The van der Waals surface area contributed by atoms with Crippen LogP contribution in [0.3, 0.4) is 0 Å². The normalized spacial score (nSPS) is 14.1. The summed E-state index contributed by atoms with van der Waals surface area (Å²) in [7, 11) is 1.56. The van der Waals surface area contributed by atoms with Crippen LogP contribution in [0.2, 0.25) is 0 Å². The number of amides is 1. The Morgan fingerprint density at radius 3 is 2.85 bits per heavy atom. The molecule has 10 heteroatoms. The molecular formula is C24H25N7O3. The van der Waals surface area contributed by atoms with E-state index in [4.69, 9.17) is 9.47 Å². The highest BCUT2D eigenvalue weighted by Crippen LogP contribution is 2.28. The number of nitrogens with one attached hydrogen (secondary N) is 2. The van der Waals surface area contributed by atoms with Crippen molar-refractivity contribution in [1.29, 1.82) is 0 Å². The molecule has 5 rings (SSSR count). The number of para-hydroxylation sites is 1. The number of fused-ring (bicyclic) bond motifs is 3. The van der Waals surface area contributed by atoms with Gasteiger partial charge in [0.2, 0.25) is 0 Å². The molecule has 2 aromatic heterocycles. The van der Waals surface area contributed by atoms with Gasteiger partial charge in [-0.3, -0.25) is 4.79 Å². The number of rotatable bonds is 7. The third kappa shape index (κ3) is 4.61. The Balaban J connectivity index is 1.23. The van der Waals surface area contributed by atoms with Crippen LogP contribution in [0.5, 0.6) is 11.5 Å². The fourth-order valence-corrected chi connectivity index (χ4v) is 3.99. The van der Waals surface area contributed by atoms with Gasteiger partial charge in [0.05, 0.1) is 13.3 Å². The van der Waals surface area contributed by atoms with Crippen molar-refractivity contribution in [3.8, 4) is 11.5 Å². The summed E-state index contributed by atoms with van der Waals surface area (Å²) < 4.78 is 11.2. The van der Waals surface area contributed by atoms with Crippen LogP contribution in [0.25, 0.3) is 22.1 Å². The number of H-pyrrole nitrogens is 1. The number of benzene rings is 2. The van der Waals surface area contributed by atoms with Crippen molar-refractivity contribution in [1.82, 2.24) is 25.1 Å². The number of methoxy groups -OCH3 is 1. The fourth-order valence-electron chi connectivity index (χ4n) is 3.99. The summed E-state index contributed by atoms with van der Waals surface area (Å²) >= 11 is 0. The summed E-state index contributed by atoms with van der Waals surface area (Å²) in [5, 5.41) is 13.5. The van der Waals surface area contributed by atoms with E-state index in [1.807, 2.05) is 35.2 Å². The average Bonchev–Trinajstić information content (AvgIpc) is 3.26. The predicted molar refractivity (Wildman–Crippen MR) is 129 cm³/mol. The first-order chi connectivity index (χ1) is 16.7. The maximum Gasteiger partial charge on any atom is 0.265 e. The van der Waals surface area contributed by atoms with Gasteiger partial charge in [0.15, 0.2) is 23.8 Å². The molecule has 10 nitrogen and oxygen atoms in total. The fraction of sp³-hybridized carbons (Fsp3) is 0.292. The second kappa shape index (κ2) is 9.74. The Hall–Kier alpha value is -4.21. The zero-order chi connectivity index (χ0) is 23.3. The number of aromatic amines is 1. The van der Waals surface area contributed by atoms with Gasteiger partial charge in [0.1, 0.15) is 5.52 Å². The van der Waals surface area contributed by atoms with Crippen molar-refractivity contribution in [2.24, 2.45) is 5.10 Å². The molecular weight excluding hydrogens is 434 g/mol. The summed E-state index contributed by atoms with van der Waals surface area (Å²) in [4.78, 5) is 21.9. The first kappa shape index (κ1) is 21.6. The highest BCUT2D eigenvalue weighted by atomic mass is 16.5. The Bertz CT molecular complexity index is 1350. The van der Waals surface area contributed by atoms with Crippen LogP contribution in [0.1, 0.15) is 24.8 Å². The van der Waals surface area contributed by atoms with E-state index in [9.17, 15) is 4.79 Å². The van der Waals surface area contributed by atoms with Gasteiger partial charge in [-0.05, 0) is 49.1 Å². The SMILES string of the molecule is COc1cc(/C=N/Nc2nnc3c(n2)[nH]c2ccccc23)ccc1OCC(=O)N1CCCCC1. The van der Waals surface area contributed by atoms with Crippen LogP contribution in [0, 0.1) is 0 Å². The zero-order valence-electron chi connectivity index (χ0n) is 18.8. The zero-order valence-corrected chi connectivity index (χ0v) is 18.8. The van der Waals surface area contributed by atoms with Crippen molar-refractivity contribution in [2.45, 2.75) is 19.3 Å². The lowest BCUT2D eigenvalue weighted by atomic mass is 10.1. The predicted octanol–water partition coefficient (Wildman–Crippen LogP) is 3.35. The molecule has 0 radical (unpaired) electrons. The maximum absolute atomic E-state index is 12.4. The van der Waals surface area contributed by atoms with Gasteiger partial charge in [-0.1, -0.05) is 18.2 Å². The van der Waals surface area contributed by atoms with Gasteiger partial charge < -0.3 is 19.4 Å². The highest BCUT2D eigenvalue weighted by molar-refractivity contribution is 6.03. The van der Waals surface area contributed by atoms with E-state index in [1.54, 1.807) is 25.5 Å². The second-order valence-corrected chi connectivity index (χ2v) is 8.01. The van der Waals surface area contributed by atoms with Gasteiger partial charge in [-0.2, -0.15) is 10.1 Å². The molecule has 3 heterocycles. The van der Waals surface area contributed by atoms with Crippen molar-refractivity contribution in [2.75, 3.05) is 32.2 Å². The molecule has 0 atom stereocenters. The number of carbonyl (C=O) groups is 1. The van der Waals surface area contributed by atoms with E-state index in [-0.39, 0.29) is 18.5 Å². The summed E-state index contributed by atoms with van der Waals surface area (Å²) in [5.41, 5.74) is 5.88. The summed E-state index contributed by atoms with van der Waals surface area (Å²) in [6.45, 7) is 1.59. The number of likely N-dealkylation sites (tertiary alicyclic amines) is 1. The minimum absolute atomic E-state index is 0.00265. The van der Waals surface area contributed by atoms with Gasteiger partial charge in [-0.15, -0.1) is 10.2 Å².